The molecule has 1 aliphatic carbocycles. The first-order chi connectivity index (χ1) is 15.1. The largest absolute Gasteiger partial charge is 0.305 e. The number of halogens is 3. The Hall–Kier alpha value is -1.67. The molecule has 2 fully saturated rings. The summed E-state index contributed by atoms with van der Waals surface area (Å²) in [5.41, 5.74) is 3.22. The van der Waals surface area contributed by atoms with Gasteiger partial charge >= 0.3 is 0 Å². The van der Waals surface area contributed by atoms with E-state index in [1.165, 1.54) is 6.42 Å². The van der Waals surface area contributed by atoms with E-state index in [2.05, 4.69) is 20.1 Å². The van der Waals surface area contributed by atoms with Gasteiger partial charge in [0.25, 0.3) is 0 Å². The molecular weight excluding hydrogens is 480 g/mol. The van der Waals surface area contributed by atoms with Crippen molar-refractivity contribution in [3.63, 3.8) is 0 Å². The quantitative estimate of drug-likeness (QED) is 0.309. The maximum Gasteiger partial charge on any atom is 0.191 e. The van der Waals surface area contributed by atoms with E-state index < -0.39 is 0 Å². The third-order valence-electron chi connectivity index (χ3n) is 6.79. The fraction of sp³-hybridized carbons (Fsp3) is 0.458. The molecule has 5 rings (SSSR count). The molecule has 5 nitrogen and oxygen atoms in total. The molecule has 178 valence electrons. The number of nitrogens with zero attached hydrogens (tertiary/aromatic N) is 5. The summed E-state index contributed by atoms with van der Waals surface area (Å²) in [7, 11) is 2.01. The van der Waals surface area contributed by atoms with E-state index in [9.17, 15) is 4.39 Å². The molecule has 1 saturated heterocycles. The molecule has 0 N–H and O–H groups in total. The van der Waals surface area contributed by atoms with Gasteiger partial charge in [-0.3, -0.25) is 4.98 Å². The highest BCUT2D eigenvalue weighted by atomic mass is 35.5. The van der Waals surface area contributed by atoms with Crippen LogP contribution in [-0.2, 0) is 7.05 Å². The monoisotopic (exact) mass is 509 g/mol. The molecule has 1 aromatic carbocycles. The number of hydrogen-bond donors (Lipinski definition) is 0. The predicted molar refractivity (Wildman–Crippen MR) is 136 cm³/mol. The van der Waals surface area contributed by atoms with Crippen LogP contribution >= 0.6 is 36.6 Å². The van der Waals surface area contributed by atoms with Crippen LogP contribution < -0.4 is 0 Å². The Morgan fingerprint density at radius 2 is 2.06 bits per heavy atom. The third-order valence-corrected chi connectivity index (χ3v) is 7.90. The number of pyridine rings is 1. The van der Waals surface area contributed by atoms with E-state index in [4.69, 9.17) is 0 Å². The highest BCUT2D eigenvalue weighted by molar-refractivity contribution is 7.99. The zero-order valence-electron chi connectivity index (χ0n) is 18.9. The summed E-state index contributed by atoms with van der Waals surface area (Å²) in [6, 6.07) is 9.64. The third kappa shape index (κ3) is 5.37. The smallest absolute Gasteiger partial charge is 0.191 e. The van der Waals surface area contributed by atoms with Crippen LogP contribution in [0.2, 0.25) is 0 Å². The van der Waals surface area contributed by atoms with Crippen LogP contribution in [0.1, 0.15) is 36.3 Å². The van der Waals surface area contributed by atoms with Gasteiger partial charge in [-0.05, 0) is 79.9 Å². The highest BCUT2D eigenvalue weighted by Gasteiger charge is 2.58. The summed E-state index contributed by atoms with van der Waals surface area (Å²) in [6.45, 7) is 5.27. The van der Waals surface area contributed by atoms with Crippen molar-refractivity contribution >= 4 is 36.6 Å². The Labute approximate surface area is 211 Å². The zero-order valence-corrected chi connectivity index (χ0v) is 21.4. The number of thioether (sulfide) groups is 1. The van der Waals surface area contributed by atoms with Gasteiger partial charge in [0.05, 0.1) is 0 Å². The van der Waals surface area contributed by atoms with E-state index in [1.807, 2.05) is 49.0 Å². The Morgan fingerprint density at radius 1 is 1.21 bits per heavy atom. The number of hydrogen-bond acceptors (Lipinski definition) is 5. The fourth-order valence-corrected chi connectivity index (χ4v) is 5.80. The highest BCUT2D eigenvalue weighted by Crippen LogP contribution is 2.64. The molecule has 2 aromatic heterocycles. The normalized spacial score (nSPS) is 21.6. The van der Waals surface area contributed by atoms with Crippen LogP contribution in [0.5, 0.6) is 0 Å². The SMILES string of the molecule is Cc1ccc([C@H]2C[C@]23CCN(CCCSc2nnc(-c4cccnc4)n2C)C3)c(F)c1.Cl.Cl. The molecule has 3 aromatic rings. The van der Waals surface area contributed by atoms with E-state index in [0.29, 0.717) is 11.3 Å². The van der Waals surface area contributed by atoms with E-state index in [-0.39, 0.29) is 30.6 Å². The lowest BCUT2D eigenvalue weighted by atomic mass is 9.97. The van der Waals surface area contributed by atoms with Gasteiger partial charge in [-0.15, -0.1) is 35.0 Å². The summed E-state index contributed by atoms with van der Waals surface area (Å²) in [4.78, 5) is 6.73. The molecular formula is C24H30Cl2FN5S. The average Bonchev–Trinajstić information content (AvgIpc) is 3.10. The minimum atomic E-state index is -0.0222. The molecule has 33 heavy (non-hydrogen) atoms. The van der Waals surface area contributed by atoms with Crippen molar-refractivity contribution < 1.29 is 4.39 Å². The molecule has 0 bridgehead atoms. The number of rotatable bonds is 7. The first-order valence-electron chi connectivity index (χ1n) is 11.0. The lowest BCUT2D eigenvalue weighted by Crippen LogP contribution is -2.23. The molecule has 0 radical (unpaired) electrons. The second-order valence-electron chi connectivity index (χ2n) is 8.98. The van der Waals surface area contributed by atoms with Crippen molar-refractivity contribution in [3.05, 3.63) is 59.7 Å². The maximum absolute atomic E-state index is 14.4. The minimum Gasteiger partial charge on any atom is -0.305 e. The molecule has 2 atom stereocenters. The minimum absolute atomic E-state index is 0. The van der Waals surface area contributed by atoms with E-state index in [0.717, 1.165) is 65.9 Å². The van der Waals surface area contributed by atoms with Gasteiger partial charge in [0.2, 0.25) is 0 Å². The Morgan fingerprint density at radius 3 is 2.82 bits per heavy atom. The summed E-state index contributed by atoms with van der Waals surface area (Å²) < 4.78 is 16.4. The second kappa shape index (κ2) is 10.7. The van der Waals surface area contributed by atoms with Crippen LogP contribution in [0.25, 0.3) is 11.4 Å². The topological polar surface area (TPSA) is 46.8 Å². The fourth-order valence-electron chi connectivity index (χ4n) is 4.97. The van der Waals surface area contributed by atoms with Crippen LogP contribution in [0.3, 0.4) is 0 Å². The first kappa shape index (κ1) is 25.9. The van der Waals surface area contributed by atoms with Gasteiger partial charge in [0.1, 0.15) is 5.82 Å². The lowest BCUT2D eigenvalue weighted by Gasteiger charge is -2.16. The van der Waals surface area contributed by atoms with Gasteiger partial charge in [-0.25, -0.2) is 4.39 Å². The molecule has 1 spiro atoms. The molecule has 0 amide bonds. The van der Waals surface area contributed by atoms with Gasteiger partial charge in [-0.1, -0.05) is 23.9 Å². The Kier molecular flexibility index (Phi) is 8.43. The standard InChI is InChI=1S/C24H28FN5S.2ClH/c1-17-6-7-19(21(25)13-17)20-14-24(20)8-11-30(16-24)10-4-12-31-23-28-27-22(29(23)2)18-5-3-9-26-15-18;;/h3,5-7,9,13,15,20H,4,8,10-12,14,16H2,1-2H3;2*1H/t20-,24+;;/m1../s1. The predicted octanol–water partition coefficient (Wildman–Crippen LogP) is 5.53. The first-order valence-corrected chi connectivity index (χ1v) is 12.0. The van der Waals surface area contributed by atoms with Gasteiger partial charge in [-0.2, -0.15) is 0 Å². The number of benzene rings is 1. The summed E-state index contributed by atoms with van der Waals surface area (Å²) in [6.07, 6.45) is 7.01. The van der Waals surface area contributed by atoms with Crippen molar-refractivity contribution in [2.45, 2.75) is 37.3 Å². The van der Waals surface area contributed by atoms with Crippen LogP contribution in [0, 0.1) is 18.2 Å². The van der Waals surface area contributed by atoms with Crippen molar-refractivity contribution in [3.8, 4) is 11.4 Å². The Bertz CT molecular complexity index is 1080. The second-order valence-corrected chi connectivity index (χ2v) is 10.0. The number of aromatic nitrogens is 4. The lowest BCUT2D eigenvalue weighted by molar-refractivity contribution is 0.319. The Balaban J connectivity index is 0.00000153. The van der Waals surface area contributed by atoms with Crippen LogP contribution in [-0.4, -0.2) is 50.0 Å². The summed E-state index contributed by atoms with van der Waals surface area (Å²) >= 11 is 1.75. The van der Waals surface area contributed by atoms with Crippen LogP contribution in [0.15, 0.2) is 47.9 Å². The molecule has 3 heterocycles. The van der Waals surface area contributed by atoms with Gasteiger partial charge in [0.15, 0.2) is 11.0 Å². The molecule has 1 saturated carbocycles. The average molecular weight is 511 g/mol. The number of likely N-dealkylation sites (tertiary alicyclic amines) is 1. The molecule has 1 aliphatic heterocycles. The van der Waals surface area contributed by atoms with Crippen molar-refractivity contribution in [1.82, 2.24) is 24.6 Å². The van der Waals surface area contributed by atoms with Gasteiger partial charge < -0.3 is 9.47 Å². The molecule has 9 heteroatoms. The molecule has 0 unspecified atom stereocenters. The summed E-state index contributed by atoms with van der Waals surface area (Å²) in [5.74, 6) is 2.24. The summed E-state index contributed by atoms with van der Waals surface area (Å²) in [5, 5.41) is 9.62. The molecule has 2 aliphatic rings. The van der Waals surface area contributed by atoms with Crippen LogP contribution in [0.4, 0.5) is 4.39 Å². The van der Waals surface area contributed by atoms with Gasteiger partial charge in [0, 0.05) is 37.3 Å². The van der Waals surface area contributed by atoms with Crippen molar-refractivity contribution in [1.29, 1.82) is 0 Å². The van der Waals surface area contributed by atoms with E-state index >= 15 is 0 Å². The number of aryl methyl sites for hydroxylation is 1. The maximum atomic E-state index is 14.4. The van der Waals surface area contributed by atoms with E-state index in [1.54, 1.807) is 24.0 Å². The zero-order chi connectivity index (χ0) is 21.4. The van der Waals surface area contributed by atoms with Crippen molar-refractivity contribution in [2.75, 3.05) is 25.4 Å². The van der Waals surface area contributed by atoms with Crippen molar-refractivity contribution in [2.24, 2.45) is 12.5 Å².